The molecule has 8 heteroatoms. The van der Waals surface area contributed by atoms with Crippen molar-refractivity contribution in [2.75, 3.05) is 0 Å². The van der Waals surface area contributed by atoms with E-state index in [9.17, 15) is 17.2 Å². The van der Waals surface area contributed by atoms with Crippen LogP contribution in [0.2, 0.25) is 0 Å². The molecule has 0 aliphatic carbocycles. The summed E-state index contributed by atoms with van der Waals surface area (Å²) in [7, 11) is -4.10. The number of nitrogens with two attached hydrogens (primary N) is 1. The number of sulfonamides is 1. The molecule has 1 aromatic heterocycles. The number of aromatic nitrogens is 2. The number of primary sulfonamides is 1. The number of hydrogen-bond acceptors (Lipinski definition) is 3. The molecule has 0 amide bonds. The summed E-state index contributed by atoms with van der Waals surface area (Å²) < 4.78 is 49.3. The lowest BCUT2D eigenvalue weighted by Gasteiger charge is -2.04. The molecule has 1 heterocycles. The van der Waals surface area contributed by atoms with Crippen LogP contribution >= 0.6 is 0 Å². The van der Waals surface area contributed by atoms with Crippen molar-refractivity contribution in [2.45, 2.75) is 4.90 Å². The minimum absolute atomic E-state index is 0.303. The second-order valence-corrected chi connectivity index (χ2v) is 4.78. The fraction of sp³-hybridized carbons (Fsp3) is 0. The number of nitrogens with zero attached hydrogens (tertiary/aromatic N) is 1. The monoisotopic (exact) mass is 259 g/mol. The zero-order valence-electron chi connectivity index (χ0n) is 8.31. The lowest BCUT2D eigenvalue weighted by Crippen LogP contribution is -2.12. The van der Waals surface area contributed by atoms with E-state index >= 15 is 0 Å². The van der Waals surface area contributed by atoms with Crippen molar-refractivity contribution in [3.8, 4) is 11.3 Å². The Morgan fingerprint density at radius 1 is 1.24 bits per heavy atom. The molecule has 3 N–H and O–H groups in total. The molecule has 0 radical (unpaired) electrons. The molecule has 0 bridgehead atoms. The first-order chi connectivity index (χ1) is 7.91. The molecule has 0 saturated carbocycles. The number of benzene rings is 1. The smallest absolute Gasteiger partial charge is 0.241 e. The maximum Gasteiger partial charge on any atom is 0.241 e. The molecule has 17 heavy (non-hydrogen) atoms. The largest absolute Gasteiger partial charge is 0.276 e. The van der Waals surface area contributed by atoms with Gasteiger partial charge in [-0.25, -0.2) is 22.3 Å². The Labute approximate surface area is 95.3 Å². The van der Waals surface area contributed by atoms with Gasteiger partial charge in [-0.1, -0.05) is 6.07 Å². The SMILES string of the molecule is NS(=O)(=O)c1cn[nH]c1-c1c(F)cccc1F. The predicted molar refractivity (Wildman–Crippen MR) is 55.3 cm³/mol. The molecule has 0 spiro atoms. The Morgan fingerprint density at radius 3 is 2.35 bits per heavy atom. The average molecular weight is 259 g/mol. The summed E-state index contributed by atoms with van der Waals surface area (Å²) in [5, 5.41) is 10.6. The lowest BCUT2D eigenvalue weighted by molar-refractivity contribution is 0.587. The Balaban J connectivity index is 2.75. The Morgan fingerprint density at radius 2 is 1.82 bits per heavy atom. The number of nitrogens with one attached hydrogen (secondary N) is 1. The van der Waals surface area contributed by atoms with E-state index in [1.54, 1.807) is 0 Å². The molecule has 5 nitrogen and oxygen atoms in total. The fourth-order valence-corrected chi connectivity index (χ4v) is 2.04. The molecule has 0 saturated heterocycles. The van der Waals surface area contributed by atoms with E-state index in [1.165, 1.54) is 6.07 Å². The molecular weight excluding hydrogens is 252 g/mol. The fourth-order valence-electron chi connectivity index (χ4n) is 1.41. The summed E-state index contributed by atoms with van der Waals surface area (Å²) in [6, 6.07) is 3.18. The van der Waals surface area contributed by atoms with Crippen LogP contribution in [0.4, 0.5) is 8.78 Å². The standard InChI is InChI=1S/C9H7F2N3O2S/c10-5-2-1-3-6(11)8(5)9-7(4-13-14-9)17(12,15)16/h1-4H,(H,13,14)(H2,12,15,16). The van der Waals surface area contributed by atoms with E-state index < -0.39 is 32.1 Å². The van der Waals surface area contributed by atoms with Crippen LogP contribution in [0.5, 0.6) is 0 Å². The van der Waals surface area contributed by atoms with Crippen LogP contribution in [0, 0.1) is 11.6 Å². The highest BCUT2D eigenvalue weighted by Crippen LogP contribution is 2.28. The summed E-state index contributed by atoms with van der Waals surface area (Å²) in [5.74, 6) is -1.81. The highest BCUT2D eigenvalue weighted by atomic mass is 32.2. The van der Waals surface area contributed by atoms with E-state index in [-0.39, 0.29) is 5.69 Å². The average Bonchev–Trinajstić information content (AvgIpc) is 2.65. The summed E-state index contributed by atoms with van der Waals surface area (Å²) in [6.07, 6.45) is 0.899. The maximum atomic E-state index is 13.5. The maximum absolute atomic E-state index is 13.5. The topological polar surface area (TPSA) is 88.8 Å². The van der Waals surface area contributed by atoms with Gasteiger partial charge in [0.1, 0.15) is 16.5 Å². The molecule has 0 unspecified atom stereocenters. The number of H-pyrrole nitrogens is 1. The summed E-state index contributed by atoms with van der Waals surface area (Å²) >= 11 is 0. The molecular formula is C9H7F2N3O2S. The first kappa shape index (κ1) is 11.7. The van der Waals surface area contributed by atoms with Crippen LogP contribution in [0.1, 0.15) is 0 Å². The zero-order chi connectivity index (χ0) is 12.6. The predicted octanol–water partition coefficient (Wildman–Crippen LogP) is 1.00. The summed E-state index contributed by atoms with van der Waals surface area (Å²) in [4.78, 5) is -0.457. The van der Waals surface area contributed by atoms with Crippen LogP contribution in [0.15, 0.2) is 29.3 Å². The Hall–Kier alpha value is -1.80. The van der Waals surface area contributed by atoms with Crippen molar-refractivity contribution in [2.24, 2.45) is 5.14 Å². The van der Waals surface area contributed by atoms with Gasteiger partial charge in [-0.3, -0.25) is 5.10 Å². The van der Waals surface area contributed by atoms with E-state index in [1.807, 2.05) is 0 Å². The Kier molecular flexibility index (Phi) is 2.68. The molecule has 0 fully saturated rings. The minimum Gasteiger partial charge on any atom is -0.276 e. The first-order valence-corrected chi connectivity index (χ1v) is 5.96. The number of halogens is 2. The molecule has 2 rings (SSSR count). The van der Waals surface area contributed by atoms with Gasteiger partial charge in [0.05, 0.1) is 17.5 Å². The molecule has 0 atom stereocenters. The van der Waals surface area contributed by atoms with E-state index in [0.29, 0.717) is 0 Å². The third-order valence-electron chi connectivity index (χ3n) is 2.12. The minimum atomic E-state index is -4.10. The lowest BCUT2D eigenvalue weighted by atomic mass is 10.1. The summed E-state index contributed by atoms with van der Waals surface area (Å²) in [6.45, 7) is 0. The van der Waals surface area contributed by atoms with Crippen molar-refractivity contribution in [3.05, 3.63) is 36.0 Å². The van der Waals surface area contributed by atoms with Crippen LogP contribution in [-0.2, 0) is 10.0 Å². The van der Waals surface area contributed by atoms with Gasteiger partial charge in [0.2, 0.25) is 10.0 Å². The molecule has 0 aliphatic rings. The van der Waals surface area contributed by atoms with E-state index in [2.05, 4.69) is 10.2 Å². The second kappa shape index (κ2) is 3.90. The van der Waals surface area contributed by atoms with E-state index in [4.69, 9.17) is 5.14 Å². The van der Waals surface area contributed by atoms with Gasteiger partial charge in [0.15, 0.2) is 0 Å². The van der Waals surface area contributed by atoms with Crippen molar-refractivity contribution in [1.29, 1.82) is 0 Å². The normalized spacial score (nSPS) is 11.7. The van der Waals surface area contributed by atoms with Gasteiger partial charge in [0, 0.05) is 0 Å². The van der Waals surface area contributed by atoms with Crippen molar-refractivity contribution >= 4 is 10.0 Å². The Bertz CT molecular complexity index is 646. The number of hydrogen-bond donors (Lipinski definition) is 2. The zero-order valence-corrected chi connectivity index (χ0v) is 9.13. The van der Waals surface area contributed by atoms with Gasteiger partial charge >= 0.3 is 0 Å². The number of aromatic amines is 1. The molecule has 90 valence electrons. The quantitative estimate of drug-likeness (QED) is 0.843. The highest BCUT2D eigenvalue weighted by Gasteiger charge is 2.22. The van der Waals surface area contributed by atoms with Crippen LogP contribution < -0.4 is 5.14 Å². The van der Waals surface area contributed by atoms with E-state index in [0.717, 1.165) is 18.3 Å². The van der Waals surface area contributed by atoms with Crippen molar-refractivity contribution in [3.63, 3.8) is 0 Å². The molecule has 2 aromatic rings. The molecule has 0 aliphatic heterocycles. The van der Waals surface area contributed by atoms with Crippen molar-refractivity contribution in [1.82, 2.24) is 10.2 Å². The molecule has 1 aromatic carbocycles. The van der Waals surface area contributed by atoms with Crippen LogP contribution in [-0.4, -0.2) is 18.6 Å². The van der Waals surface area contributed by atoms with Gasteiger partial charge in [-0.05, 0) is 12.1 Å². The first-order valence-electron chi connectivity index (χ1n) is 4.42. The van der Waals surface area contributed by atoms with Gasteiger partial charge in [-0.15, -0.1) is 0 Å². The van der Waals surface area contributed by atoms with Crippen LogP contribution in [0.3, 0.4) is 0 Å². The van der Waals surface area contributed by atoms with Crippen LogP contribution in [0.25, 0.3) is 11.3 Å². The highest BCUT2D eigenvalue weighted by molar-refractivity contribution is 7.89. The summed E-state index contributed by atoms with van der Waals surface area (Å²) in [5.41, 5.74) is -0.808. The third-order valence-corrected chi connectivity index (χ3v) is 3.05. The second-order valence-electron chi connectivity index (χ2n) is 3.25. The number of rotatable bonds is 2. The van der Waals surface area contributed by atoms with Gasteiger partial charge in [-0.2, -0.15) is 5.10 Å². The van der Waals surface area contributed by atoms with Gasteiger partial charge in [0.25, 0.3) is 0 Å². The van der Waals surface area contributed by atoms with Gasteiger partial charge < -0.3 is 0 Å². The third kappa shape index (κ3) is 2.04. The van der Waals surface area contributed by atoms with Crippen molar-refractivity contribution < 1.29 is 17.2 Å².